The van der Waals surface area contributed by atoms with Gasteiger partial charge in [-0.15, -0.1) is 0 Å². The zero-order valence-electron chi connectivity index (χ0n) is 10.9. The SMILES string of the molecule is CNc1cc(Nc2ccc(Br)c3ccccc23)ncn1. The molecule has 0 spiro atoms. The lowest BCUT2D eigenvalue weighted by atomic mass is 10.1. The average molecular weight is 329 g/mol. The second-order valence-corrected chi connectivity index (χ2v) is 5.16. The number of aromatic nitrogens is 2. The molecule has 0 bridgehead atoms. The summed E-state index contributed by atoms with van der Waals surface area (Å²) in [7, 11) is 1.83. The molecule has 0 aliphatic heterocycles. The van der Waals surface area contributed by atoms with Crippen molar-refractivity contribution >= 4 is 44.0 Å². The van der Waals surface area contributed by atoms with Crippen molar-refractivity contribution in [2.75, 3.05) is 17.7 Å². The lowest BCUT2D eigenvalue weighted by Gasteiger charge is -2.11. The van der Waals surface area contributed by atoms with E-state index in [1.807, 2.05) is 37.4 Å². The van der Waals surface area contributed by atoms with E-state index in [2.05, 4.69) is 48.7 Å². The van der Waals surface area contributed by atoms with Gasteiger partial charge in [0.1, 0.15) is 18.0 Å². The number of hydrogen-bond donors (Lipinski definition) is 2. The molecular formula is C15H13BrN4. The van der Waals surface area contributed by atoms with Crippen LogP contribution in [0.4, 0.5) is 17.3 Å². The van der Waals surface area contributed by atoms with Crippen molar-refractivity contribution in [3.63, 3.8) is 0 Å². The first-order valence-corrected chi connectivity index (χ1v) is 7.01. The average Bonchev–Trinajstić information content (AvgIpc) is 2.51. The molecule has 1 heterocycles. The van der Waals surface area contributed by atoms with Crippen molar-refractivity contribution in [1.82, 2.24) is 9.97 Å². The lowest BCUT2D eigenvalue weighted by molar-refractivity contribution is 1.16. The van der Waals surface area contributed by atoms with Crippen LogP contribution in [0.5, 0.6) is 0 Å². The van der Waals surface area contributed by atoms with Crippen LogP contribution in [0.15, 0.2) is 53.3 Å². The molecule has 4 nitrogen and oxygen atoms in total. The van der Waals surface area contributed by atoms with Crippen molar-refractivity contribution in [3.8, 4) is 0 Å². The summed E-state index contributed by atoms with van der Waals surface area (Å²) in [6.45, 7) is 0. The summed E-state index contributed by atoms with van der Waals surface area (Å²) in [4.78, 5) is 8.34. The minimum atomic E-state index is 0.761. The van der Waals surface area contributed by atoms with Crippen LogP contribution in [0.2, 0.25) is 0 Å². The Morgan fingerprint density at radius 3 is 2.50 bits per heavy atom. The van der Waals surface area contributed by atoms with Gasteiger partial charge in [0.2, 0.25) is 0 Å². The quantitative estimate of drug-likeness (QED) is 0.757. The van der Waals surface area contributed by atoms with E-state index < -0.39 is 0 Å². The number of fused-ring (bicyclic) bond motifs is 1. The Morgan fingerprint density at radius 1 is 0.950 bits per heavy atom. The first-order valence-electron chi connectivity index (χ1n) is 6.22. The van der Waals surface area contributed by atoms with Gasteiger partial charge in [-0.05, 0) is 17.5 Å². The van der Waals surface area contributed by atoms with E-state index >= 15 is 0 Å². The first kappa shape index (κ1) is 12.9. The Labute approximate surface area is 125 Å². The molecule has 0 fully saturated rings. The summed E-state index contributed by atoms with van der Waals surface area (Å²) in [5.41, 5.74) is 1.02. The van der Waals surface area contributed by atoms with Gasteiger partial charge in [-0.1, -0.05) is 40.2 Å². The molecule has 20 heavy (non-hydrogen) atoms. The molecule has 100 valence electrons. The summed E-state index contributed by atoms with van der Waals surface area (Å²) < 4.78 is 1.08. The summed E-state index contributed by atoms with van der Waals surface area (Å²) in [5, 5.41) is 8.65. The zero-order chi connectivity index (χ0) is 13.9. The van der Waals surface area contributed by atoms with Crippen molar-refractivity contribution in [2.24, 2.45) is 0 Å². The van der Waals surface area contributed by atoms with Crippen LogP contribution in [-0.4, -0.2) is 17.0 Å². The third-order valence-electron chi connectivity index (χ3n) is 3.06. The number of halogens is 1. The molecule has 0 saturated heterocycles. The Bertz CT molecular complexity index is 758. The molecule has 0 saturated carbocycles. The van der Waals surface area contributed by atoms with E-state index in [0.717, 1.165) is 27.2 Å². The highest BCUT2D eigenvalue weighted by Crippen LogP contribution is 2.31. The minimum Gasteiger partial charge on any atom is -0.373 e. The van der Waals surface area contributed by atoms with Crippen molar-refractivity contribution < 1.29 is 0 Å². The number of benzene rings is 2. The van der Waals surface area contributed by atoms with Crippen molar-refractivity contribution in [1.29, 1.82) is 0 Å². The molecule has 0 aliphatic rings. The molecule has 3 rings (SSSR count). The van der Waals surface area contributed by atoms with Crippen LogP contribution in [-0.2, 0) is 0 Å². The van der Waals surface area contributed by atoms with E-state index in [9.17, 15) is 0 Å². The van der Waals surface area contributed by atoms with Crippen molar-refractivity contribution in [3.05, 3.63) is 53.3 Å². The van der Waals surface area contributed by atoms with Crippen LogP contribution in [0.25, 0.3) is 10.8 Å². The molecule has 3 aromatic rings. The number of hydrogen-bond acceptors (Lipinski definition) is 4. The van der Waals surface area contributed by atoms with Gasteiger partial charge in [0.25, 0.3) is 0 Å². The highest BCUT2D eigenvalue weighted by molar-refractivity contribution is 9.10. The fourth-order valence-electron chi connectivity index (χ4n) is 2.07. The highest BCUT2D eigenvalue weighted by Gasteiger charge is 2.05. The molecular weight excluding hydrogens is 316 g/mol. The summed E-state index contributed by atoms with van der Waals surface area (Å²) in [6, 6.07) is 14.2. The van der Waals surface area contributed by atoms with E-state index in [4.69, 9.17) is 0 Å². The molecule has 0 radical (unpaired) electrons. The van der Waals surface area contributed by atoms with E-state index in [1.54, 1.807) is 0 Å². The molecule has 0 amide bonds. The second kappa shape index (κ2) is 5.46. The first-order chi connectivity index (χ1) is 9.78. The third kappa shape index (κ3) is 2.44. The maximum Gasteiger partial charge on any atom is 0.135 e. The van der Waals surface area contributed by atoms with Gasteiger partial charge < -0.3 is 10.6 Å². The summed E-state index contributed by atoms with van der Waals surface area (Å²) in [6.07, 6.45) is 1.54. The molecule has 0 atom stereocenters. The van der Waals surface area contributed by atoms with Crippen LogP contribution in [0.1, 0.15) is 0 Å². The number of nitrogens with one attached hydrogen (secondary N) is 2. The van der Waals surface area contributed by atoms with Crippen LogP contribution in [0.3, 0.4) is 0 Å². The number of rotatable bonds is 3. The maximum absolute atomic E-state index is 4.24. The predicted molar refractivity (Wildman–Crippen MR) is 86.5 cm³/mol. The number of anilines is 3. The van der Waals surface area contributed by atoms with Gasteiger partial charge in [0.05, 0.1) is 0 Å². The topological polar surface area (TPSA) is 49.8 Å². The van der Waals surface area contributed by atoms with E-state index in [-0.39, 0.29) is 0 Å². The molecule has 2 aromatic carbocycles. The molecule has 5 heteroatoms. The van der Waals surface area contributed by atoms with Crippen molar-refractivity contribution in [2.45, 2.75) is 0 Å². The smallest absolute Gasteiger partial charge is 0.135 e. The number of nitrogens with zero attached hydrogens (tertiary/aromatic N) is 2. The van der Waals surface area contributed by atoms with Gasteiger partial charge in [-0.3, -0.25) is 0 Å². The normalized spacial score (nSPS) is 10.5. The zero-order valence-corrected chi connectivity index (χ0v) is 12.5. The molecule has 0 unspecified atom stereocenters. The second-order valence-electron chi connectivity index (χ2n) is 4.30. The van der Waals surface area contributed by atoms with E-state index in [1.165, 1.54) is 11.7 Å². The summed E-state index contributed by atoms with van der Waals surface area (Å²) >= 11 is 3.58. The Morgan fingerprint density at radius 2 is 1.70 bits per heavy atom. The Hall–Kier alpha value is -2.14. The molecule has 2 N–H and O–H groups in total. The fraction of sp³-hybridized carbons (Fsp3) is 0.0667. The van der Waals surface area contributed by atoms with Gasteiger partial charge in [-0.2, -0.15) is 0 Å². The standard InChI is InChI=1S/C15H13BrN4/c1-17-14-8-15(19-9-18-14)20-13-7-6-12(16)10-4-2-3-5-11(10)13/h2-9H,1H3,(H2,17,18,19,20). The largest absolute Gasteiger partial charge is 0.373 e. The molecule has 0 aliphatic carbocycles. The van der Waals surface area contributed by atoms with Gasteiger partial charge in [-0.25, -0.2) is 9.97 Å². The predicted octanol–water partition coefficient (Wildman–Crippen LogP) is 4.18. The summed E-state index contributed by atoms with van der Waals surface area (Å²) in [5.74, 6) is 1.54. The third-order valence-corrected chi connectivity index (χ3v) is 3.75. The van der Waals surface area contributed by atoms with Gasteiger partial charge >= 0.3 is 0 Å². The minimum absolute atomic E-state index is 0.761. The van der Waals surface area contributed by atoms with Gasteiger partial charge in [0, 0.05) is 28.7 Å². The monoisotopic (exact) mass is 328 g/mol. The fourth-order valence-corrected chi connectivity index (χ4v) is 2.55. The van der Waals surface area contributed by atoms with Crippen LogP contribution < -0.4 is 10.6 Å². The maximum atomic E-state index is 4.24. The molecule has 1 aromatic heterocycles. The van der Waals surface area contributed by atoms with Crippen LogP contribution in [0, 0.1) is 0 Å². The Balaban J connectivity index is 2.04. The van der Waals surface area contributed by atoms with Crippen LogP contribution >= 0.6 is 15.9 Å². The highest BCUT2D eigenvalue weighted by atomic mass is 79.9. The van der Waals surface area contributed by atoms with Gasteiger partial charge in [0.15, 0.2) is 0 Å². The lowest BCUT2D eigenvalue weighted by Crippen LogP contribution is -1.98. The van der Waals surface area contributed by atoms with E-state index in [0.29, 0.717) is 0 Å². The Kier molecular flexibility index (Phi) is 3.52.